The van der Waals surface area contributed by atoms with E-state index in [0.717, 1.165) is 74.1 Å². The molecule has 3 aromatic rings. The predicted molar refractivity (Wildman–Crippen MR) is 331 cm³/mol. The number of aliphatic imine (C=N–C) groups is 3. The SMILES string of the molecule is C=CC1=C(C)C2=NC1=CC1=NC(=CC3=C(C)C4=C(O)CC(=C5NC(=C2)[C@@H](C)[C@@H]5CCC(=O)N[C@@H](Cc2cnc[nH]2)C(=O)N[C@@H](CCCCN)C(=O)N[C@@H](Cc2cnc[nH]2)C(=O)N[C@@H](CCCCN)C(=O)N[C@@H](Cc2cnc[nH]2)C(=O)O)C4=N3)C(CC)=C1C. The molecule has 25 heteroatoms. The van der Waals surface area contributed by atoms with Gasteiger partial charge >= 0.3 is 5.97 Å². The third-order valence-corrected chi connectivity index (χ3v) is 17.0. The van der Waals surface area contributed by atoms with Gasteiger partial charge < -0.3 is 68.5 Å². The molecule has 88 heavy (non-hydrogen) atoms. The van der Waals surface area contributed by atoms with Gasteiger partial charge in [-0.1, -0.05) is 26.5 Å². The number of allylic oxidation sites excluding steroid dienone is 12. The number of amides is 5. The number of carboxylic acids is 1. The maximum absolute atomic E-state index is 14.7. The summed E-state index contributed by atoms with van der Waals surface area (Å²) < 4.78 is 0. The molecule has 9 rings (SSSR count). The van der Waals surface area contributed by atoms with E-state index in [2.05, 4.69) is 89.2 Å². The summed E-state index contributed by atoms with van der Waals surface area (Å²) in [5.74, 6) is -4.96. The second-order valence-electron chi connectivity index (χ2n) is 22.9. The molecule has 8 heterocycles. The molecule has 0 unspecified atom stereocenters. The number of H-pyrrole nitrogens is 3. The second-order valence-corrected chi connectivity index (χ2v) is 22.9. The average Bonchev–Trinajstić information content (AvgIpc) is 2.67. The van der Waals surface area contributed by atoms with E-state index < -0.39 is 65.7 Å². The first-order valence-electron chi connectivity index (χ1n) is 30.0. The van der Waals surface area contributed by atoms with Crippen molar-refractivity contribution in [1.82, 2.24) is 61.8 Å². The fourth-order valence-electron chi connectivity index (χ4n) is 12.0. The Morgan fingerprint density at radius 2 is 1.20 bits per heavy atom. The number of carboxylic acid groups (broad SMARTS) is 1. The number of hydrogen-bond donors (Lipinski definition) is 13. The van der Waals surface area contributed by atoms with Crippen LogP contribution in [0.4, 0.5) is 0 Å². The van der Waals surface area contributed by atoms with Crippen LogP contribution in [0.15, 0.2) is 157 Å². The van der Waals surface area contributed by atoms with E-state index in [0.29, 0.717) is 79.3 Å². The lowest BCUT2D eigenvalue weighted by Gasteiger charge is -2.27. The number of rotatable bonds is 29. The zero-order valence-corrected chi connectivity index (χ0v) is 50.3. The number of nitrogens with two attached hydrogens (primary N) is 2. The van der Waals surface area contributed by atoms with Crippen LogP contribution in [-0.2, 0) is 48.0 Å². The standard InChI is InChI=1S/C63H79N17O8/c1-7-39-32(3)45-23-47-34(5)41(57(75-47)42-22-54(81)56-35(6)48(76-58(42)56)25-50-40(8-2)33(4)46(73-50)24-49(39)72-45)15-16-55(82)74-51(19-36-26-66-29-69-36)61(85)77-43(13-9-11-17-64)59(83)79-52(20-37-27-67-30-70-37)62(86)78-44(14-10-12-18-65)60(84)80-53(63(87)88)21-38-28-68-31-71-38/h7,23-31,34,41,43-44,51-53,75,81H,1,8-22,64-65H2,2-6H3,(H,66,69)(H,67,70)(H,68,71)(H,74,82)(H,77,85)(H,78,86)(H,79,83)(H,80,84)(H,87,88)/t34-,41-,43-,44-,51-,52-,53-/m0/s1. The monoisotopic (exact) mass is 1200 g/mol. The number of carbonyl (C=O) groups is 6. The Kier molecular flexibility index (Phi) is 20.4. The van der Waals surface area contributed by atoms with Gasteiger partial charge in [0.05, 0.1) is 53.2 Å². The molecule has 1 aliphatic carbocycles. The highest BCUT2D eigenvalue weighted by Crippen LogP contribution is 2.46. The number of nitrogens with zero attached hydrogens (tertiary/aromatic N) is 6. The van der Waals surface area contributed by atoms with Crippen LogP contribution < -0.4 is 43.4 Å². The molecule has 3 aromatic heterocycles. The first-order chi connectivity index (χ1) is 42.4. The summed E-state index contributed by atoms with van der Waals surface area (Å²) >= 11 is 0. The minimum atomic E-state index is -1.37. The molecular weight excluding hydrogens is 1120 g/mol. The number of aliphatic hydroxyl groups excluding tert-OH is 1. The Morgan fingerprint density at radius 1 is 0.682 bits per heavy atom. The maximum Gasteiger partial charge on any atom is 0.326 e. The van der Waals surface area contributed by atoms with Crippen LogP contribution in [-0.4, -0.2) is 136 Å². The Hall–Kier alpha value is -9.36. The molecule has 0 saturated carbocycles. The number of hydrogen-bond acceptors (Lipinski definition) is 16. The van der Waals surface area contributed by atoms with Crippen molar-refractivity contribution in [3.8, 4) is 0 Å². The van der Waals surface area contributed by atoms with Gasteiger partial charge in [-0.15, -0.1) is 0 Å². The van der Waals surface area contributed by atoms with E-state index >= 15 is 0 Å². The third kappa shape index (κ3) is 14.4. The third-order valence-electron chi connectivity index (χ3n) is 17.0. The zero-order chi connectivity index (χ0) is 62.8. The van der Waals surface area contributed by atoms with Gasteiger partial charge in [-0.3, -0.25) is 24.0 Å². The quantitative estimate of drug-likeness (QED) is 0.0432. The van der Waals surface area contributed by atoms with Gasteiger partial charge in [0.15, 0.2) is 0 Å². The fourth-order valence-corrected chi connectivity index (χ4v) is 12.0. The van der Waals surface area contributed by atoms with Crippen molar-refractivity contribution in [2.45, 2.75) is 148 Å². The second kappa shape index (κ2) is 28.4. The molecular formula is C63H79N17O8. The van der Waals surface area contributed by atoms with E-state index in [4.69, 9.17) is 26.4 Å². The molecule has 1 fully saturated rings. The molecule has 7 atom stereocenters. The minimum Gasteiger partial charge on any atom is -0.511 e. The lowest BCUT2D eigenvalue weighted by molar-refractivity contribution is -0.142. The highest BCUT2D eigenvalue weighted by molar-refractivity contribution is 6.21. The van der Waals surface area contributed by atoms with Gasteiger partial charge in [0, 0.05) is 108 Å². The Bertz CT molecular complexity index is 3570. The van der Waals surface area contributed by atoms with Gasteiger partial charge in [0.2, 0.25) is 29.5 Å². The Labute approximate surface area is 510 Å². The first-order valence-corrected chi connectivity index (χ1v) is 30.0. The van der Waals surface area contributed by atoms with E-state index in [9.17, 15) is 39.0 Å². The van der Waals surface area contributed by atoms with E-state index in [-0.39, 0.29) is 62.5 Å². The van der Waals surface area contributed by atoms with Crippen LogP contribution >= 0.6 is 0 Å². The smallest absolute Gasteiger partial charge is 0.326 e. The number of aromatic amines is 3. The molecule has 8 bridgehead atoms. The molecule has 0 spiro atoms. The predicted octanol–water partition coefficient (Wildman–Crippen LogP) is 4.29. The van der Waals surface area contributed by atoms with Crippen LogP contribution in [0.5, 0.6) is 0 Å². The summed E-state index contributed by atoms with van der Waals surface area (Å²) in [6, 6.07) is -6.40. The highest BCUT2D eigenvalue weighted by atomic mass is 16.4. The first kappa shape index (κ1) is 63.2. The van der Waals surface area contributed by atoms with Crippen LogP contribution in [0.3, 0.4) is 0 Å². The molecule has 0 aromatic carbocycles. The summed E-state index contributed by atoms with van der Waals surface area (Å²) in [7, 11) is 0. The largest absolute Gasteiger partial charge is 0.511 e. The molecule has 25 nitrogen and oxygen atoms in total. The number of aromatic nitrogens is 6. The van der Waals surface area contributed by atoms with Crippen LogP contribution in [0.25, 0.3) is 0 Å². The number of aliphatic carboxylic acids is 1. The molecule has 464 valence electrons. The van der Waals surface area contributed by atoms with Crippen molar-refractivity contribution in [3.05, 3.63) is 159 Å². The van der Waals surface area contributed by atoms with Crippen LogP contribution in [0.2, 0.25) is 0 Å². The Balaban J connectivity index is 0.950. The lowest BCUT2D eigenvalue weighted by Crippen LogP contribution is -2.59. The number of carbonyl (C=O) groups excluding carboxylic acids is 5. The summed E-state index contributed by atoms with van der Waals surface area (Å²) in [6.45, 7) is 15.0. The highest BCUT2D eigenvalue weighted by Gasteiger charge is 2.42. The molecule has 5 aliphatic heterocycles. The van der Waals surface area contributed by atoms with E-state index in [1.807, 2.05) is 38.2 Å². The van der Waals surface area contributed by atoms with Crippen molar-refractivity contribution in [2.24, 2.45) is 38.3 Å². The summed E-state index contributed by atoms with van der Waals surface area (Å²) in [5.41, 5.74) is 25.6. The minimum absolute atomic E-state index is 0.0283. The Morgan fingerprint density at radius 3 is 1.74 bits per heavy atom. The average molecular weight is 1200 g/mol. The molecule has 5 amide bonds. The number of fused-ring (bicyclic) bond motifs is 5. The normalized spacial score (nSPS) is 19.4. The van der Waals surface area contributed by atoms with Crippen LogP contribution in [0, 0.1) is 11.8 Å². The number of nitrogens with one attached hydrogen (secondary N) is 9. The number of aliphatic hydroxyl groups is 1. The van der Waals surface area contributed by atoms with Crippen molar-refractivity contribution < 1.29 is 39.0 Å². The fraction of sp³-hybridized carbons (Fsp3) is 0.429. The van der Waals surface area contributed by atoms with Gasteiger partial charge in [-0.05, 0) is 126 Å². The van der Waals surface area contributed by atoms with Gasteiger partial charge in [0.25, 0.3) is 0 Å². The van der Waals surface area contributed by atoms with Gasteiger partial charge in [0.1, 0.15) is 36.0 Å². The van der Waals surface area contributed by atoms with Crippen molar-refractivity contribution in [2.75, 3.05) is 13.1 Å². The van der Waals surface area contributed by atoms with E-state index in [1.165, 1.54) is 37.6 Å². The lowest BCUT2D eigenvalue weighted by atomic mass is 9.86. The number of unbranched alkanes of at least 4 members (excludes halogenated alkanes) is 2. The van der Waals surface area contributed by atoms with Crippen molar-refractivity contribution in [1.29, 1.82) is 0 Å². The molecule has 15 N–H and O–H groups in total. The van der Waals surface area contributed by atoms with Gasteiger partial charge in [-0.25, -0.2) is 34.7 Å². The maximum atomic E-state index is 14.7. The summed E-state index contributed by atoms with van der Waals surface area (Å²) in [6.07, 6.45) is 19.6. The van der Waals surface area contributed by atoms with Crippen molar-refractivity contribution in [3.63, 3.8) is 0 Å². The van der Waals surface area contributed by atoms with Crippen LogP contribution in [0.1, 0.15) is 116 Å². The van der Waals surface area contributed by atoms with Crippen molar-refractivity contribution >= 4 is 52.6 Å². The number of imidazole rings is 3. The topological polar surface area (TPSA) is 390 Å². The molecule has 0 radical (unpaired) electrons. The summed E-state index contributed by atoms with van der Waals surface area (Å²) in [4.78, 5) is 121. The van der Waals surface area contributed by atoms with E-state index in [1.54, 1.807) is 0 Å². The van der Waals surface area contributed by atoms with Gasteiger partial charge in [-0.2, -0.15) is 0 Å². The summed E-state index contributed by atoms with van der Waals surface area (Å²) in [5, 5.41) is 39.4. The molecule has 6 aliphatic rings. The zero-order valence-electron chi connectivity index (χ0n) is 50.3. The molecule has 1 saturated heterocycles.